The molecule has 0 saturated carbocycles. The lowest BCUT2D eigenvalue weighted by Crippen LogP contribution is -2.81. The van der Waals surface area contributed by atoms with E-state index < -0.39 is 147 Å². The second-order valence-electron chi connectivity index (χ2n) is 12.4. The van der Waals surface area contributed by atoms with Gasteiger partial charge in [0.05, 0.1) is 6.20 Å². The van der Waals surface area contributed by atoms with Gasteiger partial charge in [0.15, 0.2) is 82.5 Å². The summed E-state index contributed by atoms with van der Waals surface area (Å²) in [6.45, 7) is 0.777. The van der Waals surface area contributed by atoms with E-state index in [4.69, 9.17) is 4.74 Å². The van der Waals surface area contributed by atoms with Crippen LogP contribution in [0, 0.1) is 116 Å². The predicted molar refractivity (Wildman–Crippen MR) is 189 cm³/mol. The Hall–Kier alpha value is -4.92. The Bertz CT molecular complexity index is 2420. The Kier molecular flexibility index (Phi) is 14.3. The molecule has 0 fully saturated rings. The van der Waals surface area contributed by atoms with Crippen LogP contribution in [0.4, 0.5) is 87.8 Å². The van der Waals surface area contributed by atoms with Crippen molar-refractivity contribution >= 4 is 75.8 Å². The first-order valence-corrected chi connectivity index (χ1v) is 18.5. The van der Waals surface area contributed by atoms with Gasteiger partial charge in [-0.25, -0.2) is 92.8 Å². The fourth-order valence-corrected chi connectivity index (χ4v) is 6.85. The summed E-state index contributed by atoms with van der Waals surface area (Å²) < 4.78 is 301. The Balaban J connectivity index is 0.000000345. The fraction of sp³-hybridized carbons (Fsp3) is 0.0556. The van der Waals surface area contributed by atoms with Gasteiger partial charge in [0, 0.05) is 5.56 Å². The molecule has 6 rings (SSSR count). The Labute approximate surface area is 362 Å². The van der Waals surface area contributed by atoms with E-state index in [1.54, 1.807) is 6.20 Å². The van der Waals surface area contributed by atoms with Gasteiger partial charge in [-0.2, -0.15) is 4.57 Å². The fourth-order valence-electron chi connectivity index (χ4n) is 6.35. The van der Waals surface area contributed by atoms with E-state index in [1.807, 2.05) is 35.2 Å². The zero-order valence-corrected chi connectivity index (χ0v) is 34.2. The van der Waals surface area contributed by atoms with Gasteiger partial charge in [0.2, 0.25) is 6.20 Å². The molecule has 1 aromatic heterocycles. The van der Waals surface area contributed by atoms with Crippen LogP contribution in [-0.4, -0.2) is 13.5 Å². The molecule has 5 aromatic carbocycles. The highest BCUT2D eigenvalue weighted by Crippen LogP contribution is 2.35. The van der Waals surface area contributed by atoms with E-state index >= 15 is 35.1 Å². The highest BCUT2D eigenvalue weighted by molar-refractivity contribution is 9.39. The van der Waals surface area contributed by atoms with Crippen LogP contribution in [0.15, 0.2) is 48.9 Å². The van der Waals surface area contributed by atoms with Crippen molar-refractivity contribution in [2.75, 3.05) is 0 Å². The normalized spacial score (nSPS) is 11.8. The molecule has 0 aliphatic carbocycles. The molecule has 0 unspecified atom stereocenters. The van der Waals surface area contributed by atoms with Crippen LogP contribution < -0.4 is 31.2 Å². The summed E-state index contributed by atoms with van der Waals surface area (Å²) in [5.41, 5.74) is -13.1. The van der Waals surface area contributed by atoms with Crippen LogP contribution >= 0.6 is 47.8 Å². The van der Waals surface area contributed by atoms with Crippen LogP contribution in [0.25, 0.3) is 0 Å². The highest BCUT2D eigenvalue weighted by atomic mass is 80.0. The summed E-state index contributed by atoms with van der Waals surface area (Å²) in [7, 11) is 0. The summed E-state index contributed by atoms with van der Waals surface area (Å²) >= 11 is 9.81. The van der Waals surface area contributed by atoms with Crippen molar-refractivity contribution in [2.24, 2.45) is 0 Å². The van der Waals surface area contributed by atoms with Gasteiger partial charge in [-0.15, -0.1) is 21.9 Å². The summed E-state index contributed by atoms with van der Waals surface area (Å²) in [6.07, 6.45) is -1.77. The number of benzene rings is 5. The zero-order valence-electron chi connectivity index (χ0n) is 29.4. The number of alkyl halides is 3. The summed E-state index contributed by atoms with van der Waals surface area (Å²) in [4.78, 5) is 4.13. The van der Waals surface area contributed by atoms with Crippen LogP contribution in [0.2, 0.25) is 0 Å². The van der Waals surface area contributed by atoms with Gasteiger partial charge in [-0.1, -0.05) is 30.3 Å². The maximum Gasteiger partial charge on any atom is 0.282 e. The molecule has 0 spiro atoms. The number of aromatic nitrogens is 2. The van der Waals surface area contributed by atoms with Crippen LogP contribution in [-0.2, 0) is 6.54 Å². The van der Waals surface area contributed by atoms with Gasteiger partial charge < -0.3 is 4.74 Å². The molecule has 6 aromatic rings. The van der Waals surface area contributed by atoms with E-state index in [-0.39, 0.29) is 0 Å². The molecular weight excluding hydrogens is 1110 g/mol. The van der Waals surface area contributed by atoms with Gasteiger partial charge >= 0.3 is 0 Å². The molecule has 0 N–H and O–H groups in total. The maximum atomic E-state index is 15.4. The van der Waals surface area contributed by atoms with Crippen molar-refractivity contribution in [1.29, 1.82) is 0 Å². The molecular formula is C36H10BBr3F20N2O. The first-order valence-electron chi connectivity index (χ1n) is 16.1. The number of rotatable bonds is 7. The molecule has 27 heteroatoms. The number of halogens is 23. The van der Waals surface area contributed by atoms with Gasteiger partial charge in [-0.3, -0.25) is 0 Å². The zero-order chi connectivity index (χ0) is 47.4. The third-order valence-corrected chi connectivity index (χ3v) is 9.36. The van der Waals surface area contributed by atoms with Crippen LogP contribution in [0.3, 0.4) is 0 Å². The third kappa shape index (κ3) is 8.58. The molecule has 0 bridgehead atoms. The van der Waals surface area contributed by atoms with E-state index in [0.29, 0.717) is 5.88 Å². The molecule has 0 aliphatic rings. The Morgan fingerprint density at radius 2 is 0.698 bits per heavy atom. The first kappa shape index (κ1) is 49.1. The smallest absolute Gasteiger partial charge is 0.282 e. The number of ether oxygens (including phenoxy) is 1. The standard InChI is InChI=1S/C24BF20.C12H10Br3N2O/c26-5-1(6(27)14(35)21(42)13(5)34)25(2-7(28)15(36)22(43)16(37)8(2)29,3-9(30)17(38)23(44)18(39)10(3)31)4-11(32)19(40)24(45)20(41)12(4)33;13-12(14,15)18-11-9-17(7-6-16-11)8-10-4-2-1-3-5-10/h;1-7,9H,8H2/q-1;+1. The predicted octanol–water partition coefficient (Wildman–Crippen LogP) is 9.44. The van der Waals surface area contributed by atoms with E-state index in [9.17, 15) is 52.7 Å². The quantitative estimate of drug-likeness (QED) is 0.0398. The van der Waals surface area contributed by atoms with E-state index in [2.05, 4.69) is 64.9 Å². The molecule has 0 atom stereocenters. The van der Waals surface area contributed by atoms with Crippen molar-refractivity contribution in [2.45, 2.75) is 8.87 Å². The molecule has 63 heavy (non-hydrogen) atoms. The molecule has 0 saturated heterocycles. The molecule has 1 heterocycles. The number of nitrogens with zero attached hydrogens (tertiary/aromatic N) is 2. The monoisotopic (exact) mass is 1110 g/mol. The van der Waals surface area contributed by atoms with Crippen LogP contribution in [0.1, 0.15) is 5.56 Å². The topological polar surface area (TPSA) is 26.0 Å². The second-order valence-corrected chi connectivity index (χ2v) is 18.9. The first-order chi connectivity index (χ1) is 29.2. The molecule has 0 aliphatic heterocycles. The minimum Gasteiger partial charge on any atom is -0.435 e. The van der Waals surface area contributed by atoms with Crippen molar-refractivity contribution in [1.82, 2.24) is 4.98 Å². The average molecular weight is 1120 g/mol. The SMILES string of the molecule is BrC(Br)(Br)Oc1c[n+](Cc2ccccc2)ccn1.Fc1c(F)c(F)c([B-](c2c(F)c(F)c(F)c(F)c2F)(c2c(F)c(F)c(F)c(F)c2F)c2c(F)c(F)c(F)c(F)c2F)c(F)c1F. The van der Waals surface area contributed by atoms with Gasteiger partial charge in [-0.05, 0) is 47.8 Å². The van der Waals surface area contributed by atoms with Gasteiger partial charge in [0.25, 0.3) is 8.21 Å². The van der Waals surface area contributed by atoms with Gasteiger partial charge in [0.1, 0.15) is 52.7 Å². The summed E-state index contributed by atoms with van der Waals surface area (Å²) in [6, 6.07) is 10.2. The lowest BCUT2D eigenvalue weighted by molar-refractivity contribution is -0.689. The van der Waals surface area contributed by atoms with Crippen molar-refractivity contribution in [3.8, 4) is 5.88 Å². The maximum absolute atomic E-state index is 15.4. The lowest BCUT2D eigenvalue weighted by atomic mass is 9.12. The summed E-state index contributed by atoms with van der Waals surface area (Å²) in [5, 5.41) is 0. The van der Waals surface area contributed by atoms with Crippen molar-refractivity contribution in [3.63, 3.8) is 0 Å². The summed E-state index contributed by atoms with van der Waals surface area (Å²) in [5.74, 6) is -70.9. The van der Waals surface area contributed by atoms with Crippen LogP contribution in [0.5, 0.6) is 5.88 Å². The molecule has 334 valence electrons. The average Bonchev–Trinajstić information content (AvgIpc) is 3.23. The van der Waals surface area contributed by atoms with E-state index in [1.165, 1.54) is 5.56 Å². The molecule has 3 nitrogen and oxygen atoms in total. The number of hydrogen-bond acceptors (Lipinski definition) is 2. The Morgan fingerprint density at radius 1 is 0.429 bits per heavy atom. The van der Waals surface area contributed by atoms with E-state index in [0.717, 1.165) is 6.54 Å². The minimum atomic E-state index is -7.22. The molecule has 0 amide bonds. The number of hydrogen-bond donors (Lipinski definition) is 0. The largest absolute Gasteiger partial charge is 0.435 e. The highest BCUT2D eigenvalue weighted by Gasteiger charge is 2.52. The van der Waals surface area contributed by atoms with Crippen molar-refractivity contribution in [3.05, 3.63) is 171 Å². The second kappa shape index (κ2) is 18.3. The lowest BCUT2D eigenvalue weighted by Gasteiger charge is -2.44. The third-order valence-electron chi connectivity index (χ3n) is 8.87. The van der Waals surface area contributed by atoms with Crippen molar-refractivity contribution < 1.29 is 97.1 Å². The molecule has 0 radical (unpaired) electrons. The Morgan fingerprint density at radius 3 is 0.968 bits per heavy atom. The minimum absolute atomic E-state index is 0.513.